The van der Waals surface area contributed by atoms with Gasteiger partial charge >= 0.3 is 0 Å². The Balaban J connectivity index is 2.08. The fraction of sp³-hybridized carbons (Fsp3) is 0.462. The first kappa shape index (κ1) is 15.5. The number of nitrogens with zero attached hydrogens (tertiary/aromatic N) is 1. The predicted molar refractivity (Wildman–Crippen MR) is 81.7 cm³/mol. The third-order valence-corrected chi connectivity index (χ3v) is 6.20. The summed E-state index contributed by atoms with van der Waals surface area (Å²) in [6.45, 7) is 4.50. The van der Waals surface area contributed by atoms with E-state index in [1.807, 2.05) is 6.07 Å². The van der Waals surface area contributed by atoms with E-state index >= 15 is 0 Å². The molecule has 1 fully saturated rings. The lowest BCUT2D eigenvalue weighted by Crippen LogP contribution is -2.36. The van der Waals surface area contributed by atoms with Gasteiger partial charge in [0.1, 0.15) is 0 Å². The number of halogens is 1. The van der Waals surface area contributed by atoms with Crippen LogP contribution in [0.1, 0.15) is 11.3 Å². The first-order valence-corrected chi connectivity index (χ1v) is 9.27. The van der Waals surface area contributed by atoms with Crippen molar-refractivity contribution in [2.24, 2.45) is 5.92 Å². The van der Waals surface area contributed by atoms with E-state index in [1.54, 1.807) is 17.0 Å². The maximum atomic E-state index is 12.4. The zero-order chi connectivity index (χ0) is 14.8. The normalized spacial score (nSPS) is 20.8. The van der Waals surface area contributed by atoms with Crippen LogP contribution in [0.2, 0.25) is 4.34 Å². The van der Waals surface area contributed by atoms with Gasteiger partial charge in [-0.2, -0.15) is 0 Å². The van der Waals surface area contributed by atoms with Gasteiger partial charge in [-0.15, -0.1) is 17.9 Å². The first-order valence-electron chi connectivity index (χ1n) is 6.25. The van der Waals surface area contributed by atoms with E-state index in [4.69, 9.17) is 11.6 Å². The lowest BCUT2D eigenvalue weighted by molar-refractivity contribution is -0.134. The standard InChI is InChI=1S/C13H16ClNO3S2/c1-2-6-15(8-11-3-4-12(14)19-11)13(16)10-5-7-20(17,18)9-10/h2-4,10H,1,5-9H2. The number of thiophene rings is 1. The van der Waals surface area contributed by atoms with Gasteiger partial charge in [-0.05, 0) is 18.6 Å². The van der Waals surface area contributed by atoms with Crippen LogP contribution in [0.5, 0.6) is 0 Å². The van der Waals surface area contributed by atoms with Crippen LogP contribution in [0.25, 0.3) is 0 Å². The van der Waals surface area contributed by atoms with Crippen molar-refractivity contribution in [3.8, 4) is 0 Å². The third kappa shape index (κ3) is 3.84. The Hall–Kier alpha value is -0.850. The van der Waals surface area contributed by atoms with Crippen LogP contribution in [0.4, 0.5) is 0 Å². The van der Waals surface area contributed by atoms with Crippen molar-refractivity contribution in [2.75, 3.05) is 18.1 Å². The number of carbonyl (C=O) groups is 1. The van der Waals surface area contributed by atoms with Gasteiger partial charge in [-0.25, -0.2) is 8.42 Å². The quantitative estimate of drug-likeness (QED) is 0.777. The SMILES string of the molecule is C=CCN(Cc1ccc(Cl)s1)C(=O)C1CCS(=O)(=O)C1. The number of hydrogen-bond acceptors (Lipinski definition) is 4. The largest absolute Gasteiger partial charge is 0.334 e. The number of carbonyl (C=O) groups excluding carboxylic acids is 1. The number of sulfone groups is 1. The molecule has 1 saturated heterocycles. The molecule has 110 valence electrons. The van der Waals surface area contributed by atoms with Crippen LogP contribution in [-0.2, 0) is 21.2 Å². The number of rotatable bonds is 5. The van der Waals surface area contributed by atoms with Crippen LogP contribution >= 0.6 is 22.9 Å². The predicted octanol–water partition coefficient (Wildman–Crippen LogP) is 2.35. The maximum absolute atomic E-state index is 12.4. The van der Waals surface area contributed by atoms with Gasteiger partial charge in [0.05, 0.1) is 28.3 Å². The molecule has 1 aliphatic rings. The van der Waals surface area contributed by atoms with Gasteiger partial charge in [0.2, 0.25) is 5.91 Å². The van der Waals surface area contributed by atoms with Crippen molar-refractivity contribution in [1.29, 1.82) is 0 Å². The molecule has 2 heterocycles. The third-order valence-electron chi connectivity index (χ3n) is 3.22. The van der Waals surface area contributed by atoms with E-state index in [0.717, 1.165) is 4.88 Å². The average molecular weight is 334 g/mol. The second-order valence-corrected chi connectivity index (χ2v) is 8.84. The summed E-state index contributed by atoms with van der Waals surface area (Å²) >= 11 is 7.30. The molecule has 0 N–H and O–H groups in total. The monoisotopic (exact) mass is 333 g/mol. The molecule has 1 atom stereocenters. The fourth-order valence-corrected chi connectivity index (χ4v) is 5.10. The van der Waals surface area contributed by atoms with Crippen molar-refractivity contribution in [3.05, 3.63) is 34.0 Å². The van der Waals surface area contributed by atoms with Crippen LogP contribution in [0.3, 0.4) is 0 Å². The Labute approximate surface area is 128 Å². The first-order chi connectivity index (χ1) is 9.41. The molecule has 0 bridgehead atoms. The summed E-state index contributed by atoms with van der Waals surface area (Å²) in [6, 6.07) is 3.67. The summed E-state index contributed by atoms with van der Waals surface area (Å²) in [5.41, 5.74) is 0. The second-order valence-electron chi connectivity index (χ2n) is 4.81. The number of amides is 1. The molecule has 0 saturated carbocycles. The molecule has 20 heavy (non-hydrogen) atoms. The van der Waals surface area contributed by atoms with Gasteiger partial charge in [-0.1, -0.05) is 17.7 Å². The molecular weight excluding hydrogens is 318 g/mol. The highest BCUT2D eigenvalue weighted by Crippen LogP contribution is 2.25. The average Bonchev–Trinajstić information content (AvgIpc) is 2.94. The van der Waals surface area contributed by atoms with E-state index in [9.17, 15) is 13.2 Å². The van der Waals surface area contributed by atoms with E-state index in [2.05, 4.69) is 6.58 Å². The Morgan fingerprint density at radius 2 is 2.30 bits per heavy atom. The Kier molecular flexibility index (Phi) is 4.88. The molecule has 1 aromatic rings. The number of hydrogen-bond donors (Lipinski definition) is 0. The molecule has 0 spiro atoms. The minimum atomic E-state index is -3.05. The maximum Gasteiger partial charge on any atom is 0.227 e. The van der Waals surface area contributed by atoms with Crippen LogP contribution in [0, 0.1) is 5.92 Å². The molecule has 0 aliphatic carbocycles. The lowest BCUT2D eigenvalue weighted by Gasteiger charge is -2.23. The summed E-state index contributed by atoms with van der Waals surface area (Å²) < 4.78 is 23.6. The summed E-state index contributed by atoms with van der Waals surface area (Å²) in [7, 11) is -3.05. The molecule has 1 aliphatic heterocycles. The highest BCUT2D eigenvalue weighted by molar-refractivity contribution is 7.91. The second kappa shape index (κ2) is 6.28. The van der Waals surface area contributed by atoms with Crippen molar-refractivity contribution in [2.45, 2.75) is 13.0 Å². The molecule has 0 radical (unpaired) electrons. The van der Waals surface area contributed by atoms with Crippen LogP contribution < -0.4 is 0 Å². The molecular formula is C13H16ClNO3S2. The Morgan fingerprint density at radius 3 is 2.80 bits per heavy atom. The van der Waals surface area contributed by atoms with E-state index in [1.165, 1.54) is 11.3 Å². The summed E-state index contributed by atoms with van der Waals surface area (Å²) in [6.07, 6.45) is 2.07. The van der Waals surface area contributed by atoms with Crippen LogP contribution in [-0.4, -0.2) is 37.3 Å². The summed E-state index contributed by atoms with van der Waals surface area (Å²) in [5, 5.41) is 0. The minimum Gasteiger partial charge on any atom is -0.334 e. The topological polar surface area (TPSA) is 54.5 Å². The van der Waals surface area contributed by atoms with Gasteiger partial charge in [0.25, 0.3) is 0 Å². The Bertz CT molecular complexity index is 609. The Morgan fingerprint density at radius 1 is 1.55 bits per heavy atom. The molecule has 2 rings (SSSR count). The van der Waals surface area contributed by atoms with Crippen LogP contribution in [0.15, 0.2) is 24.8 Å². The van der Waals surface area contributed by atoms with Gasteiger partial charge in [0.15, 0.2) is 9.84 Å². The van der Waals surface area contributed by atoms with Gasteiger partial charge < -0.3 is 4.90 Å². The van der Waals surface area contributed by atoms with E-state index < -0.39 is 15.8 Å². The highest BCUT2D eigenvalue weighted by Gasteiger charge is 2.35. The van der Waals surface area contributed by atoms with Crippen molar-refractivity contribution in [1.82, 2.24) is 4.90 Å². The van der Waals surface area contributed by atoms with E-state index in [0.29, 0.717) is 23.8 Å². The molecule has 1 unspecified atom stereocenters. The molecule has 1 amide bonds. The highest BCUT2D eigenvalue weighted by atomic mass is 35.5. The van der Waals surface area contributed by atoms with Gasteiger partial charge in [0, 0.05) is 11.4 Å². The zero-order valence-corrected chi connectivity index (χ0v) is 13.3. The van der Waals surface area contributed by atoms with Crippen molar-refractivity contribution < 1.29 is 13.2 Å². The molecule has 4 nitrogen and oxygen atoms in total. The van der Waals surface area contributed by atoms with Crippen molar-refractivity contribution in [3.63, 3.8) is 0 Å². The minimum absolute atomic E-state index is 0.0370. The lowest BCUT2D eigenvalue weighted by atomic mass is 10.1. The molecule has 7 heteroatoms. The van der Waals surface area contributed by atoms with Crippen molar-refractivity contribution >= 4 is 38.7 Å². The van der Waals surface area contributed by atoms with E-state index in [-0.39, 0.29) is 17.4 Å². The zero-order valence-electron chi connectivity index (χ0n) is 10.9. The summed E-state index contributed by atoms with van der Waals surface area (Å²) in [5.74, 6) is -0.466. The van der Waals surface area contributed by atoms with Gasteiger partial charge in [-0.3, -0.25) is 4.79 Å². The molecule has 1 aromatic heterocycles. The smallest absolute Gasteiger partial charge is 0.227 e. The fourth-order valence-electron chi connectivity index (χ4n) is 2.26. The molecule has 0 aromatic carbocycles. The summed E-state index contributed by atoms with van der Waals surface area (Å²) in [4.78, 5) is 15.0.